The number of fused-ring (bicyclic) bond motifs is 1. The van der Waals surface area contributed by atoms with Gasteiger partial charge in [-0.05, 0) is 48.4 Å². The fourth-order valence-electron chi connectivity index (χ4n) is 2.03. The third-order valence-corrected chi connectivity index (χ3v) is 3.82. The Labute approximate surface area is 127 Å². The molecule has 0 saturated carbocycles. The highest BCUT2D eigenvalue weighted by Crippen LogP contribution is 2.24. The van der Waals surface area contributed by atoms with Crippen LogP contribution in [0.25, 0.3) is 23.2 Å². The highest BCUT2D eigenvalue weighted by molar-refractivity contribution is 6.32. The SMILES string of the molecule is Cc1c(Cl)ccc2[nH]c(C=Cc3ccc(Cl)cc3)nc12. The number of halogens is 2. The van der Waals surface area contributed by atoms with Crippen molar-refractivity contribution in [3.8, 4) is 0 Å². The minimum Gasteiger partial charge on any atom is -0.338 e. The van der Waals surface area contributed by atoms with Crippen LogP contribution >= 0.6 is 23.2 Å². The Hall–Kier alpha value is -1.77. The van der Waals surface area contributed by atoms with E-state index < -0.39 is 0 Å². The summed E-state index contributed by atoms with van der Waals surface area (Å²) in [6.07, 6.45) is 3.93. The van der Waals surface area contributed by atoms with E-state index in [9.17, 15) is 0 Å². The van der Waals surface area contributed by atoms with Crippen LogP contribution in [0.2, 0.25) is 10.0 Å². The lowest BCUT2D eigenvalue weighted by Gasteiger charge is -1.96. The lowest BCUT2D eigenvalue weighted by molar-refractivity contribution is 1.29. The summed E-state index contributed by atoms with van der Waals surface area (Å²) in [6, 6.07) is 11.5. The minimum absolute atomic E-state index is 0.733. The van der Waals surface area contributed by atoms with Crippen molar-refractivity contribution in [1.29, 1.82) is 0 Å². The van der Waals surface area contributed by atoms with Gasteiger partial charge in [-0.25, -0.2) is 4.98 Å². The van der Waals surface area contributed by atoms with Gasteiger partial charge < -0.3 is 4.98 Å². The monoisotopic (exact) mass is 302 g/mol. The van der Waals surface area contributed by atoms with Crippen LogP contribution in [-0.4, -0.2) is 9.97 Å². The quantitative estimate of drug-likeness (QED) is 0.679. The fraction of sp³-hybridized carbons (Fsp3) is 0.0625. The van der Waals surface area contributed by atoms with E-state index in [1.165, 1.54) is 0 Å². The van der Waals surface area contributed by atoms with Gasteiger partial charge >= 0.3 is 0 Å². The summed E-state index contributed by atoms with van der Waals surface area (Å²) < 4.78 is 0. The number of aryl methyl sites for hydroxylation is 1. The molecule has 4 heteroatoms. The summed E-state index contributed by atoms with van der Waals surface area (Å²) in [5.74, 6) is 0.806. The van der Waals surface area contributed by atoms with Crippen LogP contribution in [0, 0.1) is 6.92 Å². The van der Waals surface area contributed by atoms with Gasteiger partial charge in [-0.3, -0.25) is 0 Å². The molecule has 2 nitrogen and oxygen atoms in total. The standard InChI is InChI=1S/C16H12Cl2N2/c1-10-13(18)7-8-14-16(10)20-15(19-14)9-4-11-2-5-12(17)6-3-11/h2-9H,1H3,(H,19,20). The third kappa shape index (κ3) is 2.58. The number of rotatable bonds is 2. The Kier molecular flexibility index (Phi) is 3.51. The molecule has 20 heavy (non-hydrogen) atoms. The Morgan fingerprint density at radius 2 is 1.75 bits per heavy atom. The first-order chi connectivity index (χ1) is 9.63. The maximum Gasteiger partial charge on any atom is 0.131 e. The van der Waals surface area contributed by atoms with Gasteiger partial charge in [0, 0.05) is 10.0 Å². The number of hydrogen-bond acceptors (Lipinski definition) is 1. The Bertz CT molecular complexity index is 786. The number of aromatic nitrogens is 2. The zero-order chi connectivity index (χ0) is 14.1. The van der Waals surface area contributed by atoms with E-state index in [1.54, 1.807) is 0 Å². The van der Waals surface area contributed by atoms with Gasteiger partial charge in [0.2, 0.25) is 0 Å². The van der Waals surface area contributed by atoms with Crippen LogP contribution in [0.3, 0.4) is 0 Å². The van der Waals surface area contributed by atoms with Crippen molar-refractivity contribution in [2.75, 3.05) is 0 Å². The summed E-state index contributed by atoms with van der Waals surface area (Å²) in [5.41, 5.74) is 3.96. The Balaban J connectivity index is 1.95. The average Bonchev–Trinajstić information content (AvgIpc) is 2.86. The molecule has 0 aliphatic heterocycles. The molecule has 1 aromatic heterocycles. The summed E-state index contributed by atoms with van der Waals surface area (Å²) >= 11 is 12.0. The lowest BCUT2D eigenvalue weighted by Crippen LogP contribution is -1.78. The summed E-state index contributed by atoms with van der Waals surface area (Å²) in [4.78, 5) is 7.82. The lowest BCUT2D eigenvalue weighted by atomic mass is 10.2. The summed E-state index contributed by atoms with van der Waals surface area (Å²) in [7, 11) is 0. The topological polar surface area (TPSA) is 28.7 Å². The molecular formula is C16H12Cl2N2. The third-order valence-electron chi connectivity index (χ3n) is 3.16. The number of aromatic amines is 1. The van der Waals surface area contributed by atoms with E-state index in [2.05, 4.69) is 9.97 Å². The first-order valence-corrected chi connectivity index (χ1v) is 6.97. The van der Waals surface area contributed by atoms with E-state index in [1.807, 2.05) is 55.5 Å². The first-order valence-electron chi connectivity index (χ1n) is 6.22. The molecular weight excluding hydrogens is 291 g/mol. The summed E-state index contributed by atoms with van der Waals surface area (Å²) in [6.45, 7) is 1.97. The highest BCUT2D eigenvalue weighted by atomic mass is 35.5. The largest absolute Gasteiger partial charge is 0.338 e. The molecule has 3 aromatic rings. The number of H-pyrrole nitrogens is 1. The number of benzene rings is 2. The zero-order valence-corrected chi connectivity index (χ0v) is 12.3. The van der Waals surface area contributed by atoms with Gasteiger partial charge in [0.05, 0.1) is 11.0 Å². The zero-order valence-electron chi connectivity index (χ0n) is 10.8. The van der Waals surface area contributed by atoms with Crippen LogP contribution < -0.4 is 0 Å². The molecule has 0 radical (unpaired) electrons. The van der Waals surface area contributed by atoms with Gasteiger partial charge in [-0.2, -0.15) is 0 Å². The molecule has 0 spiro atoms. The second kappa shape index (κ2) is 5.31. The van der Waals surface area contributed by atoms with Crippen molar-refractivity contribution in [2.45, 2.75) is 6.92 Å². The molecule has 2 aromatic carbocycles. The predicted octanol–water partition coefficient (Wildman–Crippen LogP) is 5.35. The van der Waals surface area contributed by atoms with Crippen molar-refractivity contribution in [3.63, 3.8) is 0 Å². The molecule has 0 saturated heterocycles. The number of imidazole rings is 1. The number of nitrogens with one attached hydrogen (secondary N) is 1. The van der Waals surface area contributed by atoms with Crippen LogP contribution in [-0.2, 0) is 0 Å². The normalized spacial score (nSPS) is 11.6. The summed E-state index contributed by atoms with van der Waals surface area (Å²) in [5, 5.41) is 1.47. The van der Waals surface area contributed by atoms with E-state index in [-0.39, 0.29) is 0 Å². The Morgan fingerprint density at radius 3 is 2.50 bits per heavy atom. The van der Waals surface area contributed by atoms with Crippen LogP contribution in [0.4, 0.5) is 0 Å². The van der Waals surface area contributed by atoms with Crippen LogP contribution in [0.1, 0.15) is 17.0 Å². The molecule has 0 unspecified atom stereocenters. The molecule has 100 valence electrons. The van der Waals surface area contributed by atoms with Gasteiger partial charge in [-0.15, -0.1) is 0 Å². The van der Waals surface area contributed by atoms with E-state index in [4.69, 9.17) is 23.2 Å². The molecule has 3 rings (SSSR count). The molecule has 0 aliphatic rings. The van der Waals surface area contributed by atoms with E-state index >= 15 is 0 Å². The average molecular weight is 303 g/mol. The van der Waals surface area contributed by atoms with Gasteiger partial charge in [0.15, 0.2) is 0 Å². The van der Waals surface area contributed by atoms with Crippen molar-refractivity contribution < 1.29 is 0 Å². The van der Waals surface area contributed by atoms with E-state index in [0.29, 0.717) is 0 Å². The van der Waals surface area contributed by atoms with Crippen molar-refractivity contribution in [3.05, 3.63) is 63.4 Å². The molecule has 0 aliphatic carbocycles. The second-order valence-corrected chi connectivity index (χ2v) is 5.42. The van der Waals surface area contributed by atoms with Gasteiger partial charge in [0.1, 0.15) is 5.82 Å². The second-order valence-electron chi connectivity index (χ2n) is 4.58. The number of hydrogen-bond donors (Lipinski definition) is 1. The Morgan fingerprint density at radius 1 is 1.00 bits per heavy atom. The molecule has 1 heterocycles. The molecule has 0 bridgehead atoms. The van der Waals surface area contributed by atoms with Crippen molar-refractivity contribution in [2.24, 2.45) is 0 Å². The molecule has 0 fully saturated rings. The van der Waals surface area contributed by atoms with E-state index in [0.717, 1.165) is 38.0 Å². The minimum atomic E-state index is 0.733. The van der Waals surface area contributed by atoms with Crippen LogP contribution in [0.15, 0.2) is 36.4 Å². The van der Waals surface area contributed by atoms with Gasteiger partial charge in [0.25, 0.3) is 0 Å². The molecule has 0 atom stereocenters. The maximum absolute atomic E-state index is 6.10. The smallest absolute Gasteiger partial charge is 0.131 e. The molecule has 0 amide bonds. The first kappa shape index (κ1) is 13.2. The molecule has 1 N–H and O–H groups in total. The fourth-order valence-corrected chi connectivity index (χ4v) is 2.31. The predicted molar refractivity (Wildman–Crippen MR) is 86.2 cm³/mol. The van der Waals surface area contributed by atoms with Crippen LogP contribution in [0.5, 0.6) is 0 Å². The number of nitrogens with zero attached hydrogens (tertiary/aromatic N) is 1. The highest BCUT2D eigenvalue weighted by Gasteiger charge is 2.05. The van der Waals surface area contributed by atoms with Gasteiger partial charge in [-0.1, -0.05) is 41.4 Å². The van der Waals surface area contributed by atoms with Crippen molar-refractivity contribution in [1.82, 2.24) is 9.97 Å². The van der Waals surface area contributed by atoms with Crippen molar-refractivity contribution >= 4 is 46.4 Å². The maximum atomic E-state index is 6.10.